The van der Waals surface area contributed by atoms with Crippen molar-refractivity contribution in [1.29, 1.82) is 0 Å². The number of fused-ring (bicyclic) bond motifs is 1. The Morgan fingerprint density at radius 2 is 1.89 bits per heavy atom. The molecule has 0 radical (unpaired) electrons. The highest BCUT2D eigenvalue weighted by Gasteiger charge is 2.25. The minimum atomic E-state index is -3.68. The van der Waals surface area contributed by atoms with E-state index in [1.165, 1.54) is 28.2 Å². The van der Waals surface area contributed by atoms with E-state index in [0.29, 0.717) is 29.7 Å². The molecule has 4 rings (SSSR count). The summed E-state index contributed by atoms with van der Waals surface area (Å²) in [5.41, 5.74) is 1.66. The molecule has 0 aliphatic rings. The van der Waals surface area contributed by atoms with E-state index < -0.39 is 16.0 Å². The lowest BCUT2D eigenvalue weighted by molar-refractivity contribution is -0.133. The van der Waals surface area contributed by atoms with E-state index in [9.17, 15) is 18.3 Å². The van der Waals surface area contributed by atoms with Crippen LogP contribution in [0.3, 0.4) is 0 Å². The first-order valence-electron chi connectivity index (χ1n) is 11.6. The van der Waals surface area contributed by atoms with Crippen LogP contribution >= 0.6 is 11.8 Å². The van der Waals surface area contributed by atoms with Gasteiger partial charge in [0.15, 0.2) is 5.82 Å². The standard InChI is InChI=1S/C24H27N7O5S2/c1-4-30(5-2)38(34,35)16-10-8-9-15(13-16)22-28-29-24(31(22)25)37-14-19(32)20(23(33)36-3)21-26-17-11-6-7-12-18(17)27-21/h6-13,32H,4-5,14,25H2,1-3H3,(H,26,27)/b20-19+. The molecule has 0 saturated carbocycles. The van der Waals surface area contributed by atoms with Crippen molar-refractivity contribution < 1.29 is 23.1 Å². The number of para-hydroxylation sites is 2. The van der Waals surface area contributed by atoms with E-state index in [2.05, 4.69) is 20.2 Å². The summed E-state index contributed by atoms with van der Waals surface area (Å²) >= 11 is 1.03. The molecule has 2 heterocycles. The average molecular weight is 558 g/mol. The smallest absolute Gasteiger partial charge is 0.345 e. The molecule has 14 heteroatoms. The van der Waals surface area contributed by atoms with E-state index >= 15 is 0 Å². The first-order valence-corrected chi connectivity index (χ1v) is 14.0. The summed E-state index contributed by atoms with van der Waals surface area (Å²) in [4.78, 5) is 20.0. The van der Waals surface area contributed by atoms with Gasteiger partial charge in [-0.3, -0.25) is 0 Å². The van der Waals surface area contributed by atoms with Gasteiger partial charge in [-0.25, -0.2) is 22.9 Å². The van der Waals surface area contributed by atoms with Crippen molar-refractivity contribution in [2.45, 2.75) is 23.9 Å². The molecule has 12 nitrogen and oxygen atoms in total. The SMILES string of the molecule is CCN(CC)S(=O)(=O)c1cccc(-c2nnc(SC/C(O)=C(\C(=O)OC)c3nc4ccccc4[nH]3)n2N)c1. The number of hydrogen-bond donors (Lipinski definition) is 3. The van der Waals surface area contributed by atoms with Crippen molar-refractivity contribution in [3.63, 3.8) is 0 Å². The van der Waals surface area contributed by atoms with Crippen LogP contribution in [-0.2, 0) is 19.6 Å². The second-order valence-electron chi connectivity index (χ2n) is 8.00. The normalized spacial score (nSPS) is 12.6. The molecule has 0 fully saturated rings. The number of methoxy groups -OCH3 is 1. The maximum Gasteiger partial charge on any atom is 0.345 e. The number of carbonyl (C=O) groups is 1. The molecule has 0 atom stereocenters. The zero-order valence-electron chi connectivity index (χ0n) is 21.0. The number of aliphatic hydroxyl groups excluding tert-OH is 1. The lowest BCUT2D eigenvalue weighted by Crippen LogP contribution is -2.30. The highest BCUT2D eigenvalue weighted by atomic mass is 32.2. The lowest BCUT2D eigenvalue weighted by Gasteiger charge is -2.18. The number of ether oxygens (including phenoxy) is 1. The van der Waals surface area contributed by atoms with Crippen LogP contribution in [0.15, 0.2) is 64.3 Å². The first-order chi connectivity index (χ1) is 18.2. The maximum atomic E-state index is 12.9. The average Bonchev–Trinajstić information content (AvgIpc) is 3.51. The van der Waals surface area contributed by atoms with Crippen LogP contribution < -0.4 is 5.84 Å². The van der Waals surface area contributed by atoms with Crippen LogP contribution in [0.5, 0.6) is 0 Å². The molecular formula is C24H27N7O5S2. The lowest BCUT2D eigenvalue weighted by atomic mass is 10.2. The number of nitrogens with two attached hydrogens (primary N) is 1. The molecule has 0 aliphatic carbocycles. The van der Waals surface area contributed by atoms with Gasteiger partial charge in [0.2, 0.25) is 15.2 Å². The van der Waals surface area contributed by atoms with Crippen LogP contribution in [0.2, 0.25) is 0 Å². The highest BCUT2D eigenvalue weighted by molar-refractivity contribution is 7.99. The van der Waals surface area contributed by atoms with Crippen LogP contribution in [0.1, 0.15) is 19.7 Å². The van der Waals surface area contributed by atoms with E-state index in [0.717, 1.165) is 11.8 Å². The monoisotopic (exact) mass is 557 g/mol. The van der Waals surface area contributed by atoms with Crippen molar-refractivity contribution in [3.05, 3.63) is 60.1 Å². The molecule has 0 spiro atoms. The van der Waals surface area contributed by atoms with Gasteiger partial charge in [-0.15, -0.1) is 10.2 Å². The molecule has 0 bridgehead atoms. The van der Waals surface area contributed by atoms with Gasteiger partial charge in [-0.05, 0) is 24.3 Å². The summed E-state index contributed by atoms with van der Waals surface area (Å²) in [6.45, 7) is 4.23. The number of aromatic nitrogens is 5. The Bertz CT molecular complexity index is 1570. The number of rotatable bonds is 10. The Balaban J connectivity index is 1.61. The number of H-pyrrole nitrogens is 1. The van der Waals surface area contributed by atoms with E-state index in [4.69, 9.17) is 10.6 Å². The fourth-order valence-corrected chi connectivity index (χ4v) is 6.05. The van der Waals surface area contributed by atoms with Crippen LogP contribution in [0, 0.1) is 0 Å². The van der Waals surface area contributed by atoms with Gasteiger partial charge >= 0.3 is 5.97 Å². The van der Waals surface area contributed by atoms with Gasteiger partial charge in [0.05, 0.1) is 28.8 Å². The number of nitrogens with one attached hydrogen (secondary N) is 1. The van der Waals surface area contributed by atoms with Gasteiger partial charge in [0, 0.05) is 18.7 Å². The van der Waals surface area contributed by atoms with Gasteiger partial charge in [-0.1, -0.05) is 49.9 Å². The summed E-state index contributed by atoms with van der Waals surface area (Å²) in [6.07, 6.45) is 0. The number of esters is 1. The molecule has 2 aromatic heterocycles. The highest BCUT2D eigenvalue weighted by Crippen LogP contribution is 2.28. The molecule has 0 unspecified atom stereocenters. The number of carbonyl (C=O) groups excluding carboxylic acids is 1. The van der Waals surface area contributed by atoms with Crippen molar-refractivity contribution in [2.75, 3.05) is 31.8 Å². The topological polar surface area (TPSA) is 169 Å². The van der Waals surface area contributed by atoms with Crippen molar-refractivity contribution in [1.82, 2.24) is 29.1 Å². The van der Waals surface area contributed by atoms with Gasteiger partial charge in [0.25, 0.3) is 0 Å². The number of nitrogen functional groups attached to an aromatic ring is 1. The molecule has 0 aliphatic heterocycles. The summed E-state index contributed by atoms with van der Waals surface area (Å²) in [6, 6.07) is 13.5. The first kappa shape index (κ1) is 27.2. The molecular weight excluding hydrogens is 530 g/mol. The fraction of sp³-hybridized carbons (Fsp3) is 0.250. The molecule has 4 aromatic rings. The molecule has 0 saturated heterocycles. The van der Waals surface area contributed by atoms with Gasteiger partial charge in [-0.2, -0.15) is 4.31 Å². The van der Waals surface area contributed by atoms with Crippen LogP contribution in [0.25, 0.3) is 28.0 Å². The second-order valence-corrected chi connectivity index (χ2v) is 10.9. The van der Waals surface area contributed by atoms with E-state index in [1.54, 1.807) is 38.1 Å². The Hall–Kier alpha value is -3.88. The molecule has 4 N–H and O–H groups in total. The predicted molar refractivity (Wildman–Crippen MR) is 144 cm³/mol. The number of thioether (sulfide) groups is 1. The fourth-order valence-electron chi connectivity index (χ4n) is 3.81. The van der Waals surface area contributed by atoms with Crippen molar-refractivity contribution >= 4 is 44.4 Å². The van der Waals surface area contributed by atoms with Gasteiger partial charge in [0.1, 0.15) is 17.2 Å². The minimum absolute atomic E-state index is 0.0901. The van der Waals surface area contributed by atoms with Crippen LogP contribution in [0.4, 0.5) is 0 Å². The number of imidazole rings is 1. The molecule has 0 amide bonds. The number of aromatic amines is 1. The summed E-state index contributed by atoms with van der Waals surface area (Å²) in [5.74, 6) is 5.47. The van der Waals surface area contributed by atoms with E-state index in [1.807, 2.05) is 12.1 Å². The zero-order chi connectivity index (χ0) is 27.4. The third-order valence-electron chi connectivity index (χ3n) is 5.74. The summed E-state index contributed by atoms with van der Waals surface area (Å²) in [5, 5.41) is 19.2. The third kappa shape index (κ3) is 5.23. The zero-order valence-corrected chi connectivity index (χ0v) is 22.6. The Kier molecular flexibility index (Phi) is 8.04. The molecule has 2 aromatic carbocycles. The number of nitrogens with zero attached hydrogens (tertiary/aromatic N) is 5. The molecule has 38 heavy (non-hydrogen) atoms. The Morgan fingerprint density at radius 3 is 2.58 bits per heavy atom. The summed E-state index contributed by atoms with van der Waals surface area (Å²) in [7, 11) is -2.47. The Labute approximate surface area is 223 Å². The minimum Gasteiger partial charge on any atom is -0.510 e. The Morgan fingerprint density at radius 1 is 1.16 bits per heavy atom. The number of hydrogen-bond acceptors (Lipinski definition) is 10. The van der Waals surface area contributed by atoms with Crippen molar-refractivity contribution in [3.8, 4) is 11.4 Å². The molecule has 200 valence electrons. The van der Waals surface area contributed by atoms with Crippen molar-refractivity contribution in [2.24, 2.45) is 0 Å². The number of aliphatic hydroxyl groups is 1. The second kappa shape index (κ2) is 11.2. The quantitative estimate of drug-likeness (QED) is 0.0866. The van der Waals surface area contributed by atoms with E-state index in [-0.39, 0.29) is 38.8 Å². The number of benzene rings is 2. The number of sulfonamides is 1. The largest absolute Gasteiger partial charge is 0.510 e. The summed E-state index contributed by atoms with van der Waals surface area (Å²) < 4.78 is 33.3. The maximum absolute atomic E-state index is 12.9. The third-order valence-corrected chi connectivity index (χ3v) is 8.74. The van der Waals surface area contributed by atoms with Gasteiger partial charge < -0.3 is 20.7 Å². The van der Waals surface area contributed by atoms with Crippen LogP contribution in [-0.4, -0.2) is 74.6 Å². The predicted octanol–water partition coefficient (Wildman–Crippen LogP) is 2.80.